The van der Waals surface area contributed by atoms with E-state index in [4.69, 9.17) is 45.9 Å². The highest BCUT2D eigenvalue weighted by atomic mass is 35.5. The molecular weight excluding hydrogens is 258 g/mol. The van der Waals surface area contributed by atoms with Crippen molar-refractivity contribution < 1.29 is 0 Å². The van der Waals surface area contributed by atoms with Gasteiger partial charge in [-0.05, 0) is 12.1 Å². The van der Waals surface area contributed by atoms with Crippen LogP contribution < -0.4 is 11.2 Å². The molecule has 0 bridgehead atoms. The lowest BCUT2D eigenvalue weighted by molar-refractivity contribution is 1.00. The SMILES string of the molecule is N=C(N)N/N=C/c1c(Cl)ccc(Cl)c1Cl. The first-order valence-electron chi connectivity index (χ1n) is 3.79. The van der Waals surface area contributed by atoms with Gasteiger partial charge in [-0.25, -0.2) is 5.43 Å². The van der Waals surface area contributed by atoms with Crippen LogP contribution in [0.25, 0.3) is 0 Å². The third-order valence-corrected chi connectivity index (χ3v) is 2.61. The maximum Gasteiger partial charge on any atom is 0.206 e. The second kappa shape index (κ2) is 5.21. The number of hydrogen-bond acceptors (Lipinski definition) is 2. The van der Waals surface area contributed by atoms with Gasteiger partial charge in [-0.1, -0.05) is 34.8 Å². The van der Waals surface area contributed by atoms with Crippen LogP contribution in [0.4, 0.5) is 0 Å². The standard InChI is InChI=1S/C8H7Cl3N4/c9-5-1-2-6(10)7(11)4(5)3-14-15-8(12)13/h1-3H,(H4,12,13,15)/b14-3+. The molecule has 0 radical (unpaired) electrons. The van der Waals surface area contributed by atoms with Gasteiger partial charge in [0.2, 0.25) is 5.96 Å². The first-order chi connectivity index (χ1) is 7.02. The summed E-state index contributed by atoms with van der Waals surface area (Å²) in [6, 6.07) is 3.19. The van der Waals surface area contributed by atoms with E-state index in [0.29, 0.717) is 20.6 Å². The van der Waals surface area contributed by atoms with Gasteiger partial charge in [0, 0.05) is 5.56 Å². The van der Waals surface area contributed by atoms with Crippen molar-refractivity contribution in [3.8, 4) is 0 Å². The minimum absolute atomic E-state index is 0.277. The van der Waals surface area contributed by atoms with Crippen LogP contribution in [0.5, 0.6) is 0 Å². The smallest absolute Gasteiger partial charge is 0.206 e. The molecule has 0 heterocycles. The van der Waals surface area contributed by atoms with Crippen LogP contribution in [-0.4, -0.2) is 12.2 Å². The van der Waals surface area contributed by atoms with Gasteiger partial charge in [0.1, 0.15) is 0 Å². The number of halogens is 3. The number of hydrazone groups is 1. The van der Waals surface area contributed by atoms with Crippen LogP contribution in [-0.2, 0) is 0 Å². The summed E-state index contributed by atoms with van der Waals surface area (Å²) in [4.78, 5) is 0. The molecule has 7 heteroatoms. The summed E-state index contributed by atoms with van der Waals surface area (Å²) in [5.74, 6) is -0.277. The van der Waals surface area contributed by atoms with E-state index in [-0.39, 0.29) is 5.96 Å². The van der Waals surface area contributed by atoms with Gasteiger partial charge in [0.05, 0.1) is 21.3 Å². The van der Waals surface area contributed by atoms with Crippen molar-refractivity contribution in [3.05, 3.63) is 32.8 Å². The molecule has 1 aromatic carbocycles. The number of rotatable bonds is 2. The molecule has 15 heavy (non-hydrogen) atoms. The quantitative estimate of drug-likeness (QED) is 0.332. The number of nitrogens with zero attached hydrogens (tertiary/aromatic N) is 1. The third-order valence-electron chi connectivity index (χ3n) is 1.46. The van der Waals surface area contributed by atoms with Gasteiger partial charge >= 0.3 is 0 Å². The van der Waals surface area contributed by atoms with Crippen LogP contribution >= 0.6 is 34.8 Å². The van der Waals surface area contributed by atoms with Gasteiger partial charge in [-0.15, -0.1) is 0 Å². The third kappa shape index (κ3) is 3.27. The molecule has 0 aliphatic heterocycles. The van der Waals surface area contributed by atoms with Crippen molar-refractivity contribution in [1.29, 1.82) is 5.41 Å². The van der Waals surface area contributed by atoms with Gasteiger partial charge in [0.15, 0.2) is 0 Å². The Morgan fingerprint density at radius 1 is 1.33 bits per heavy atom. The van der Waals surface area contributed by atoms with Crippen molar-refractivity contribution >= 4 is 47.0 Å². The van der Waals surface area contributed by atoms with Gasteiger partial charge < -0.3 is 5.73 Å². The van der Waals surface area contributed by atoms with E-state index in [0.717, 1.165) is 0 Å². The number of guanidine groups is 1. The first kappa shape index (κ1) is 12.1. The van der Waals surface area contributed by atoms with E-state index in [1.165, 1.54) is 6.21 Å². The van der Waals surface area contributed by atoms with Crippen LogP contribution in [0.1, 0.15) is 5.56 Å². The molecule has 0 spiro atoms. The molecular formula is C8H7Cl3N4. The summed E-state index contributed by atoms with van der Waals surface area (Å²) >= 11 is 17.6. The normalized spacial score (nSPS) is 10.6. The second-order valence-corrected chi connectivity index (χ2v) is 3.73. The van der Waals surface area contributed by atoms with Crippen molar-refractivity contribution in [1.82, 2.24) is 5.43 Å². The predicted octanol–water partition coefficient (Wildman–Crippen LogP) is 2.46. The first-order valence-corrected chi connectivity index (χ1v) is 4.92. The minimum atomic E-state index is -0.277. The molecule has 0 amide bonds. The minimum Gasteiger partial charge on any atom is -0.369 e. The Hall–Kier alpha value is -0.970. The summed E-state index contributed by atoms with van der Waals surface area (Å²) < 4.78 is 0. The van der Waals surface area contributed by atoms with E-state index in [1.54, 1.807) is 12.1 Å². The number of hydrogen-bond donors (Lipinski definition) is 3. The maximum absolute atomic E-state index is 6.87. The van der Waals surface area contributed by atoms with Gasteiger partial charge in [0.25, 0.3) is 0 Å². The molecule has 0 unspecified atom stereocenters. The van der Waals surface area contributed by atoms with Crippen molar-refractivity contribution in [2.75, 3.05) is 0 Å². The Bertz CT molecular complexity index is 417. The molecule has 4 nitrogen and oxygen atoms in total. The largest absolute Gasteiger partial charge is 0.369 e. The topological polar surface area (TPSA) is 74.3 Å². The van der Waals surface area contributed by atoms with E-state index in [2.05, 4.69) is 10.5 Å². The zero-order chi connectivity index (χ0) is 11.4. The second-order valence-electron chi connectivity index (χ2n) is 2.54. The Balaban J connectivity index is 2.98. The summed E-state index contributed by atoms with van der Waals surface area (Å²) in [6.07, 6.45) is 1.35. The number of benzene rings is 1. The lowest BCUT2D eigenvalue weighted by Crippen LogP contribution is -2.25. The van der Waals surface area contributed by atoms with E-state index in [1.807, 2.05) is 0 Å². The van der Waals surface area contributed by atoms with E-state index in [9.17, 15) is 0 Å². The molecule has 0 aliphatic carbocycles. The van der Waals surface area contributed by atoms with Crippen LogP contribution in [0.3, 0.4) is 0 Å². The Labute approximate surface area is 102 Å². The fourth-order valence-corrected chi connectivity index (χ4v) is 1.46. The van der Waals surface area contributed by atoms with Gasteiger partial charge in [-0.2, -0.15) is 5.10 Å². The maximum atomic E-state index is 6.87. The Morgan fingerprint density at radius 3 is 2.53 bits per heavy atom. The van der Waals surface area contributed by atoms with E-state index >= 15 is 0 Å². The van der Waals surface area contributed by atoms with Crippen LogP contribution in [0, 0.1) is 5.41 Å². The fourth-order valence-electron chi connectivity index (χ4n) is 0.827. The lowest BCUT2D eigenvalue weighted by Gasteiger charge is -2.02. The van der Waals surface area contributed by atoms with Crippen LogP contribution in [0.2, 0.25) is 15.1 Å². The molecule has 1 rings (SSSR count). The van der Waals surface area contributed by atoms with Gasteiger partial charge in [-0.3, -0.25) is 5.41 Å². The molecule has 0 fully saturated rings. The highest BCUT2D eigenvalue weighted by Gasteiger charge is 2.06. The highest BCUT2D eigenvalue weighted by Crippen LogP contribution is 2.29. The van der Waals surface area contributed by atoms with Crippen molar-refractivity contribution in [2.45, 2.75) is 0 Å². The lowest BCUT2D eigenvalue weighted by atomic mass is 10.2. The Morgan fingerprint density at radius 2 is 1.93 bits per heavy atom. The molecule has 80 valence electrons. The van der Waals surface area contributed by atoms with E-state index < -0.39 is 0 Å². The summed E-state index contributed by atoms with van der Waals surface area (Å²) in [5, 5.41) is 11.6. The highest BCUT2D eigenvalue weighted by molar-refractivity contribution is 6.45. The monoisotopic (exact) mass is 264 g/mol. The molecule has 0 aliphatic rings. The Kier molecular flexibility index (Phi) is 4.20. The molecule has 4 N–H and O–H groups in total. The average molecular weight is 266 g/mol. The molecule has 0 saturated carbocycles. The summed E-state index contributed by atoms with van der Waals surface area (Å²) in [6.45, 7) is 0. The number of nitrogens with two attached hydrogens (primary N) is 1. The fraction of sp³-hybridized carbons (Fsp3) is 0. The summed E-state index contributed by atoms with van der Waals surface area (Å²) in [5.41, 5.74) is 7.74. The zero-order valence-electron chi connectivity index (χ0n) is 7.39. The van der Waals surface area contributed by atoms with Crippen molar-refractivity contribution in [3.63, 3.8) is 0 Å². The zero-order valence-corrected chi connectivity index (χ0v) is 9.66. The van der Waals surface area contributed by atoms with Crippen LogP contribution in [0.15, 0.2) is 17.2 Å². The molecule has 1 aromatic rings. The summed E-state index contributed by atoms with van der Waals surface area (Å²) in [7, 11) is 0. The molecule has 0 saturated heterocycles. The van der Waals surface area contributed by atoms with Crippen molar-refractivity contribution in [2.24, 2.45) is 10.8 Å². The number of nitrogens with one attached hydrogen (secondary N) is 2. The molecule has 0 aromatic heterocycles. The average Bonchev–Trinajstić information content (AvgIpc) is 2.17. The molecule has 0 atom stereocenters. The predicted molar refractivity (Wildman–Crippen MR) is 64.1 cm³/mol.